The van der Waals surface area contributed by atoms with Gasteiger partial charge in [-0.15, -0.1) is 0 Å². The molecule has 1 unspecified atom stereocenters. The van der Waals surface area contributed by atoms with E-state index in [4.69, 9.17) is 9.47 Å². The molecule has 3 nitrogen and oxygen atoms in total. The van der Waals surface area contributed by atoms with E-state index in [0.29, 0.717) is 5.75 Å². The van der Waals surface area contributed by atoms with Gasteiger partial charge in [-0.2, -0.15) is 0 Å². The highest BCUT2D eigenvalue weighted by Gasteiger charge is 2.23. The van der Waals surface area contributed by atoms with Crippen molar-refractivity contribution in [1.82, 2.24) is 4.90 Å². The van der Waals surface area contributed by atoms with Crippen molar-refractivity contribution >= 4 is 0 Å². The number of hydrogen-bond donors (Lipinski definition) is 0. The number of ether oxygens (including phenoxy) is 2. The van der Waals surface area contributed by atoms with Crippen molar-refractivity contribution in [3.05, 3.63) is 59.7 Å². The van der Waals surface area contributed by atoms with Gasteiger partial charge in [0, 0.05) is 25.0 Å². The van der Waals surface area contributed by atoms with Crippen molar-refractivity contribution in [2.45, 2.75) is 31.9 Å². The predicted molar refractivity (Wildman–Crippen MR) is 108 cm³/mol. The molecular weight excluding hydrogens is 360 g/mol. The second-order valence-corrected chi connectivity index (χ2v) is 7.78. The zero-order chi connectivity index (χ0) is 20.0. The topological polar surface area (TPSA) is 21.5 Å². The Morgan fingerprint density at radius 2 is 1.46 bits per heavy atom. The summed E-state index contributed by atoms with van der Waals surface area (Å²) in [7, 11) is 0. The number of hydrogen-bond acceptors (Lipinski definition) is 3. The van der Waals surface area contributed by atoms with Crippen LogP contribution < -0.4 is 9.47 Å². The van der Waals surface area contributed by atoms with Crippen molar-refractivity contribution in [2.24, 2.45) is 0 Å². The molecule has 0 bridgehead atoms. The van der Waals surface area contributed by atoms with Crippen molar-refractivity contribution in [3.63, 3.8) is 0 Å². The minimum atomic E-state index is -1.58. The molecule has 0 spiro atoms. The number of halogens is 2. The Bertz CT molecular complexity index is 727. The van der Waals surface area contributed by atoms with Crippen LogP contribution in [-0.4, -0.2) is 50.6 Å². The molecule has 2 aromatic carbocycles. The monoisotopic (exact) mass is 389 g/mol. The number of alkyl halides is 2. The third kappa shape index (κ3) is 5.68. The van der Waals surface area contributed by atoms with Crippen LogP contribution in [0.3, 0.4) is 0 Å². The Balaban J connectivity index is 1.56. The molecule has 1 heterocycles. The van der Waals surface area contributed by atoms with Gasteiger partial charge in [-0.05, 0) is 41.8 Å². The molecular formula is C23H29F2NO2. The zero-order valence-electron chi connectivity index (χ0n) is 16.7. The van der Waals surface area contributed by atoms with Crippen LogP contribution in [0.5, 0.6) is 11.5 Å². The van der Waals surface area contributed by atoms with E-state index < -0.39 is 12.8 Å². The highest BCUT2D eigenvalue weighted by atomic mass is 19.2. The summed E-state index contributed by atoms with van der Waals surface area (Å²) in [5, 5.41) is 0. The van der Waals surface area contributed by atoms with E-state index in [1.54, 1.807) is 12.1 Å². The molecule has 5 heteroatoms. The normalized spacial score (nSPS) is 15.3. The smallest absolute Gasteiger partial charge is 0.162 e. The van der Waals surface area contributed by atoms with Crippen LogP contribution >= 0.6 is 0 Å². The molecule has 2 aromatic rings. The van der Waals surface area contributed by atoms with Crippen molar-refractivity contribution in [3.8, 4) is 11.5 Å². The Morgan fingerprint density at radius 1 is 0.929 bits per heavy atom. The van der Waals surface area contributed by atoms with Crippen LogP contribution in [-0.2, 0) is 5.41 Å². The molecule has 1 saturated heterocycles. The van der Waals surface area contributed by atoms with Gasteiger partial charge in [-0.25, -0.2) is 8.78 Å². The summed E-state index contributed by atoms with van der Waals surface area (Å²) < 4.78 is 36.3. The van der Waals surface area contributed by atoms with E-state index in [1.807, 2.05) is 24.3 Å². The lowest BCUT2D eigenvalue weighted by molar-refractivity contribution is 0.166. The second kappa shape index (κ2) is 9.37. The van der Waals surface area contributed by atoms with Gasteiger partial charge >= 0.3 is 0 Å². The van der Waals surface area contributed by atoms with E-state index in [9.17, 15) is 8.78 Å². The van der Waals surface area contributed by atoms with E-state index in [0.717, 1.165) is 30.9 Å². The molecule has 152 valence electrons. The van der Waals surface area contributed by atoms with Gasteiger partial charge in [-0.3, -0.25) is 0 Å². The van der Waals surface area contributed by atoms with E-state index >= 15 is 0 Å². The molecule has 0 amide bonds. The summed E-state index contributed by atoms with van der Waals surface area (Å²) >= 11 is 0. The molecule has 1 aliphatic rings. The van der Waals surface area contributed by atoms with Crippen molar-refractivity contribution < 1.29 is 18.3 Å². The highest BCUT2D eigenvalue weighted by Crippen LogP contribution is 2.33. The average molecular weight is 389 g/mol. The zero-order valence-corrected chi connectivity index (χ0v) is 16.7. The number of rotatable bonds is 11. The third-order valence-corrected chi connectivity index (χ3v) is 5.18. The van der Waals surface area contributed by atoms with Crippen LogP contribution in [0, 0.1) is 0 Å². The lowest BCUT2D eigenvalue weighted by Gasteiger charge is -2.26. The van der Waals surface area contributed by atoms with Crippen LogP contribution in [0.4, 0.5) is 8.78 Å². The number of benzene rings is 2. The standard InChI is InChI=1S/C23H29F2NO2/c1-23(2,19-6-10-22(11-7-19)28-17-20(25)16-24)18-4-8-21(9-5-18)27-15-3-12-26-13-14-26/h4-11,20H,3,12-17H2,1-2H3. The molecule has 0 saturated carbocycles. The number of nitrogens with zero attached hydrogens (tertiary/aromatic N) is 1. The lowest BCUT2D eigenvalue weighted by Crippen LogP contribution is -2.19. The van der Waals surface area contributed by atoms with E-state index in [2.05, 4.69) is 30.9 Å². The maximum Gasteiger partial charge on any atom is 0.162 e. The fourth-order valence-corrected chi connectivity index (χ4v) is 3.11. The maximum absolute atomic E-state index is 13.0. The summed E-state index contributed by atoms with van der Waals surface area (Å²) in [5.74, 6) is 1.43. The first kappa shape index (κ1) is 20.6. The van der Waals surface area contributed by atoms with Gasteiger partial charge in [0.2, 0.25) is 0 Å². The Morgan fingerprint density at radius 3 is 1.96 bits per heavy atom. The molecule has 1 fully saturated rings. The van der Waals surface area contributed by atoms with Gasteiger partial charge in [0.25, 0.3) is 0 Å². The highest BCUT2D eigenvalue weighted by molar-refractivity contribution is 5.41. The van der Waals surface area contributed by atoms with Gasteiger partial charge < -0.3 is 14.4 Å². The molecule has 1 atom stereocenters. The lowest BCUT2D eigenvalue weighted by atomic mass is 9.78. The quantitative estimate of drug-likeness (QED) is 0.408. The fraction of sp³-hybridized carbons (Fsp3) is 0.478. The van der Waals surface area contributed by atoms with Crippen LogP contribution in [0.2, 0.25) is 0 Å². The first-order chi connectivity index (χ1) is 13.5. The summed E-state index contributed by atoms with van der Waals surface area (Å²) in [6.45, 7) is 7.33. The SMILES string of the molecule is CC(C)(c1ccc(OCCCN2CC2)cc1)c1ccc(OCC(F)CF)cc1. The van der Waals surface area contributed by atoms with E-state index in [-0.39, 0.29) is 12.0 Å². The molecule has 0 radical (unpaired) electrons. The molecule has 0 aliphatic carbocycles. The third-order valence-electron chi connectivity index (χ3n) is 5.18. The Kier molecular flexibility index (Phi) is 6.89. The van der Waals surface area contributed by atoms with Gasteiger partial charge in [-0.1, -0.05) is 38.1 Å². The minimum Gasteiger partial charge on any atom is -0.494 e. The fourth-order valence-electron chi connectivity index (χ4n) is 3.11. The second-order valence-electron chi connectivity index (χ2n) is 7.78. The minimum absolute atomic E-state index is 0.197. The predicted octanol–water partition coefficient (Wildman–Crippen LogP) is 4.78. The maximum atomic E-state index is 13.0. The summed E-state index contributed by atoms with van der Waals surface area (Å²) in [5.41, 5.74) is 2.10. The average Bonchev–Trinajstić information content (AvgIpc) is 3.54. The Hall–Kier alpha value is -2.14. The first-order valence-electron chi connectivity index (χ1n) is 9.88. The molecule has 0 aromatic heterocycles. The van der Waals surface area contributed by atoms with Gasteiger partial charge in [0.1, 0.15) is 24.8 Å². The van der Waals surface area contributed by atoms with Crippen LogP contribution in [0.1, 0.15) is 31.4 Å². The van der Waals surface area contributed by atoms with Gasteiger partial charge in [0.15, 0.2) is 6.17 Å². The van der Waals surface area contributed by atoms with Crippen LogP contribution in [0.25, 0.3) is 0 Å². The Labute approximate surface area is 166 Å². The molecule has 1 aliphatic heterocycles. The van der Waals surface area contributed by atoms with Crippen molar-refractivity contribution in [2.75, 3.05) is 39.5 Å². The van der Waals surface area contributed by atoms with Crippen molar-refractivity contribution in [1.29, 1.82) is 0 Å². The molecule has 28 heavy (non-hydrogen) atoms. The summed E-state index contributed by atoms with van der Waals surface area (Å²) in [6.07, 6.45) is -0.529. The van der Waals surface area contributed by atoms with Gasteiger partial charge in [0.05, 0.1) is 6.61 Å². The van der Waals surface area contributed by atoms with Crippen LogP contribution in [0.15, 0.2) is 48.5 Å². The molecule has 3 rings (SSSR count). The summed E-state index contributed by atoms with van der Waals surface area (Å²) in [4.78, 5) is 2.39. The van der Waals surface area contributed by atoms with E-state index in [1.165, 1.54) is 18.7 Å². The first-order valence-corrected chi connectivity index (χ1v) is 9.88. The largest absolute Gasteiger partial charge is 0.494 e. The summed E-state index contributed by atoms with van der Waals surface area (Å²) in [6, 6.07) is 15.8. The molecule has 0 N–H and O–H groups in total.